The highest BCUT2D eigenvalue weighted by atomic mass is 16.5. The molecule has 0 spiro atoms. The number of ether oxygens (including phenoxy) is 1. The van der Waals surface area contributed by atoms with Crippen LogP contribution in [-0.4, -0.2) is 34.3 Å². The van der Waals surface area contributed by atoms with Gasteiger partial charge in [0.1, 0.15) is 12.1 Å². The summed E-state index contributed by atoms with van der Waals surface area (Å²) in [5.74, 6) is 1.82. The van der Waals surface area contributed by atoms with Gasteiger partial charge in [-0.25, -0.2) is 9.97 Å². The van der Waals surface area contributed by atoms with Crippen LogP contribution in [0.2, 0.25) is 0 Å². The molecule has 1 aromatic rings. The van der Waals surface area contributed by atoms with E-state index in [9.17, 15) is 0 Å². The van der Waals surface area contributed by atoms with Crippen molar-refractivity contribution >= 4 is 5.82 Å². The molecular formula is C14H25N3O2. The highest BCUT2D eigenvalue weighted by Gasteiger charge is 2.08. The lowest BCUT2D eigenvalue weighted by atomic mass is 10.0. The molecule has 19 heavy (non-hydrogen) atoms. The summed E-state index contributed by atoms with van der Waals surface area (Å²) in [6.45, 7) is 7.13. The Morgan fingerprint density at radius 1 is 1.32 bits per heavy atom. The molecule has 0 aliphatic carbocycles. The van der Waals surface area contributed by atoms with Crippen LogP contribution in [-0.2, 0) is 0 Å². The molecular weight excluding hydrogens is 242 g/mol. The lowest BCUT2D eigenvalue weighted by Crippen LogP contribution is -2.16. The maximum atomic E-state index is 9.03. The van der Waals surface area contributed by atoms with Gasteiger partial charge in [0.2, 0.25) is 5.88 Å². The summed E-state index contributed by atoms with van der Waals surface area (Å²) >= 11 is 0. The average Bonchev–Trinajstić information content (AvgIpc) is 2.36. The van der Waals surface area contributed by atoms with Gasteiger partial charge in [0.15, 0.2) is 0 Å². The SMILES string of the molecule is CCCC(CCO)CNc1cc(OC(C)C)ncn1. The Hall–Kier alpha value is -1.36. The van der Waals surface area contributed by atoms with Gasteiger partial charge < -0.3 is 15.2 Å². The van der Waals surface area contributed by atoms with E-state index in [1.54, 1.807) is 0 Å². The van der Waals surface area contributed by atoms with Crippen molar-refractivity contribution in [3.05, 3.63) is 12.4 Å². The van der Waals surface area contributed by atoms with Gasteiger partial charge in [-0.15, -0.1) is 0 Å². The number of rotatable bonds is 9. The molecule has 0 radical (unpaired) electrons. The predicted octanol–water partition coefficient (Wildman–Crippen LogP) is 2.47. The van der Waals surface area contributed by atoms with Gasteiger partial charge in [-0.3, -0.25) is 0 Å². The Bertz CT molecular complexity index is 352. The number of nitrogens with one attached hydrogen (secondary N) is 1. The Morgan fingerprint density at radius 2 is 2.11 bits per heavy atom. The number of hydrogen-bond donors (Lipinski definition) is 2. The van der Waals surface area contributed by atoms with E-state index in [4.69, 9.17) is 9.84 Å². The summed E-state index contributed by atoms with van der Waals surface area (Å²) in [4.78, 5) is 8.24. The zero-order valence-electron chi connectivity index (χ0n) is 12.1. The fraction of sp³-hybridized carbons (Fsp3) is 0.714. The molecule has 5 nitrogen and oxygen atoms in total. The lowest BCUT2D eigenvalue weighted by molar-refractivity contribution is 0.232. The van der Waals surface area contributed by atoms with Crippen molar-refractivity contribution in [3.8, 4) is 5.88 Å². The van der Waals surface area contributed by atoms with Crippen LogP contribution < -0.4 is 10.1 Å². The highest BCUT2D eigenvalue weighted by Crippen LogP contribution is 2.15. The molecule has 0 saturated carbocycles. The summed E-state index contributed by atoms with van der Waals surface area (Å²) < 4.78 is 5.53. The Labute approximate surface area is 115 Å². The fourth-order valence-corrected chi connectivity index (χ4v) is 1.93. The van der Waals surface area contributed by atoms with E-state index in [-0.39, 0.29) is 12.7 Å². The third kappa shape index (κ3) is 6.38. The fourth-order valence-electron chi connectivity index (χ4n) is 1.93. The van der Waals surface area contributed by atoms with Gasteiger partial charge in [0.05, 0.1) is 6.10 Å². The molecule has 0 aromatic carbocycles. The van der Waals surface area contributed by atoms with E-state index in [0.29, 0.717) is 11.8 Å². The highest BCUT2D eigenvalue weighted by molar-refractivity contribution is 5.37. The maximum Gasteiger partial charge on any atom is 0.218 e. The zero-order valence-corrected chi connectivity index (χ0v) is 12.1. The van der Waals surface area contributed by atoms with Crippen molar-refractivity contribution in [2.75, 3.05) is 18.5 Å². The van der Waals surface area contributed by atoms with Crippen molar-refractivity contribution < 1.29 is 9.84 Å². The van der Waals surface area contributed by atoms with E-state index in [2.05, 4.69) is 22.2 Å². The van der Waals surface area contributed by atoms with Crippen molar-refractivity contribution in [1.29, 1.82) is 0 Å². The van der Waals surface area contributed by atoms with Crippen LogP contribution in [0.25, 0.3) is 0 Å². The topological polar surface area (TPSA) is 67.3 Å². The molecule has 1 aromatic heterocycles. The van der Waals surface area contributed by atoms with Gasteiger partial charge in [-0.1, -0.05) is 13.3 Å². The molecule has 0 aliphatic heterocycles. The van der Waals surface area contributed by atoms with E-state index >= 15 is 0 Å². The van der Waals surface area contributed by atoms with Crippen LogP contribution in [0.15, 0.2) is 12.4 Å². The first-order valence-electron chi connectivity index (χ1n) is 6.99. The summed E-state index contributed by atoms with van der Waals surface area (Å²) in [6.07, 6.45) is 4.65. The van der Waals surface area contributed by atoms with Gasteiger partial charge >= 0.3 is 0 Å². The summed E-state index contributed by atoms with van der Waals surface area (Å²) in [5, 5.41) is 12.3. The van der Waals surface area contributed by atoms with Gasteiger partial charge in [0.25, 0.3) is 0 Å². The molecule has 5 heteroatoms. The molecule has 0 amide bonds. The van der Waals surface area contributed by atoms with Crippen LogP contribution in [0.4, 0.5) is 5.82 Å². The van der Waals surface area contributed by atoms with E-state index in [1.807, 2.05) is 19.9 Å². The Kier molecular flexibility index (Phi) is 7.18. The molecule has 1 rings (SSSR count). The third-order valence-corrected chi connectivity index (χ3v) is 2.80. The van der Waals surface area contributed by atoms with Gasteiger partial charge in [-0.2, -0.15) is 0 Å². The molecule has 2 N–H and O–H groups in total. The minimum absolute atomic E-state index is 0.102. The minimum Gasteiger partial charge on any atom is -0.475 e. The quantitative estimate of drug-likeness (QED) is 0.719. The first-order valence-corrected chi connectivity index (χ1v) is 6.99. The van der Waals surface area contributed by atoms with Crippen LogP contribution in [0.1, 0.15) is 40.0 Å². The summed E-state index contributed by atoms with van der Waals surface area (Å²) in [5.41, 5.74) is 0. The van der Waals surface area contributed by atoms with E-state index in [0.717, 1.165) is 31.6 Å². The Morgan fingerprint density at radius 3 is 2.74 bits per heavy atom. The number of aliphatic hydroxyl groups excluding tert-OH is 1. The van der Waals surface area contributed by atoms with Crippen molar-refractivity contribution in [2.45, 2.75) is 46.1 Å². The second-order valence-corrected chi connectivity index (χ2v) is 4.96. The third-order valence-electron chi connectivity index (χ3n) is 2.80. The Balaban J connectivity index is 2.51. The largest absolute Gasteiger partial charge is 0.475 e. The van der Waals surface area contributed by atoms with Crippen LogP contribution in [0.5, 0.6) is 5.88 Å². The van der Waals surface area contributed by atoms with Crippen LogP contribution in [0.3, 0.4) is 0 Å². The van der Waals surface area contributed by atoms with Gasteiger partial charge in [-0.05, 0) is 32.6 Å². The molecule has 0 saturated heterocycles. The van der Waals surface area contributed by atoms with Crippen molar-refractivity contribution in [3.63, 3.8) is 0 Å². The van der Waals surface area contributed by atoms with Crippen molar-refractivity contribution in [1.82, 2.24) is 9.97 Å². The predicted molar refractivity (Wildman–Crippen MR) is 76.4 cm³/mol. The van der Waals surface area contributed by atoms with E-state index < -0.39 is 0 Å². The summed E-state index contributed by atoms with van der Waals surface area (Å²) in [6, 6.07) is 1.81. The number of nitrogens with zero attached hydrogens (tertiary/aromatic N) is 2. The minimum atomic E-state index is 0.102. The molecule has 108 valence electrons. The van der Waals surface area contributed by atoms with Crippen LogP contribution in [0, 0.1) is 5.92 Å². The molecule has 0 bridgehead atoms. The standard InChI is InChI=1S/C14H25N3O2/c1-4-5-12(6-7-18)9-15-13-8-14(17-10-16-13)19-11(2)3/h8,10-12,18H,4-7,9H2,1-3H3,(H,15,16,17). The van der Waals surface area contributed by atoms with E-state index in [1.165, 1.54) is 6.33 Å². The first kappa shape index (κ1) is 15.7. The van der Waals surface area contributed by atoms with Crippen molar-refractivity contribution in [2.24, 2.45) is 5.92 Å². The zero-order chi connectivity index (χ0) is 14.1. The molecule has 1 atom stereocenters. The van der Waals surface area contributed by atoms with Crippen LogP contribution >= 0.6 is 0 Å². The smallest absolute Gasteiger partial charge is 0.218 e. The summed E-state index contributed by atoms with van der Waals surface area (Å²) in [7, 11) is 0. The molecule has 0 aliphatic rings. The molecule has 1 heterocycles. The lowest BCUT2D eigenvalue weighted by Gasteiger charge is -2.16. The van der Waals surface area contributed by atoms with Gasteiger partial charge in [0, 0.05) is 19.2 Å². The molecule has 0 fully saturated rings. The normalized spacial score (nSPS) is 12.5. The maximum absolute atomic E-state index is 9.03. The number of hydrogen-bond acceptors (Lipinski definition) is 5. The monoisotopic (exact) mass is 267 g/mol. The second kappa shape index (κ2) is 8.69. The average molecular weight is 267 g/mol. The molecule has 1 unspecified atom stereocenters. The number of anilines is 1. The number of aliphatic hydroxyl groups is 1. The second-order valence-electron chi connectivity index (χ2n) is 4.96. The number of aromatic nitrogens is 2. The first-order chi connectivity index (χ1) is 9.15.